The lowest BCUT2D eigenvalue weighted by Gasteiger charge is -2.30. The minimum Gasteiger partial charge on any atom is -0.383 e. The first-order valence-corrected chi connectivity index (χ1v) is 9.00. The van der Waals surface area contributed by atoms with Crippen LogP contribution in [-0.2, 0) is 17.7 Å². The Labute approximate surface area is 157 Å². The van der Waals surface area contributed by atoms with E-state index in [1.165, 1.54) is 11.3 Å². The van der Waals surface area contributed by atoms with E-state index in [-0.39, 0.29) is 6.04 Å². The second-order valence-corrected chi connectivity index (χ2v) is 6.72. The van der Waals surface area contributed by atoms with Crippen LogP contribution in [0.5, 0.6) is 0 Å². The summed E-state index contributed by atoms with van der Waals surface area (Å²) in [5.41, 5.74) is 3.69. The van der Waals surface area contributed by atoms with Crippen LogP contribution in [0.15, 0.2) is 48.5 Å². The van der Waals surface area contributed by atoms with Crippen molar-refractivity contribution in [3.63, 3.8) is 0 Å². The highest BCUT2D eigenvalue weighted by atomic mass is 35.5. The number of rotatable bonds is 6. The maximum Gasteiger partial charge on any atom is 0.178 e. The van der Waals surface area contributed by atoms with Gasteiger partial charge in [-0.1, -0.05) is 41.9 Å². The molecule has 1 aliphatic heterocycles. The zero-order valence-electron chi connectivity index (χ0n) is 14.5. The summed E-state index contributed by atoms with van der Waals surface area (Å²) in [4.78, 5) is 2.37. The molecule has 0 spiro atoms. The Morgan fingerprint density at radius 1 is 1.15 bits per heavy atom. The van der Waals surface area contributed by atoms with Gasteiger partial charge in [-0.2, -0.15) is 0 Å². The van der Waals surface area contributed by atoms with E-state index >= 15 is 0 Å². The van der Waals surface area contributed by atoms with Gasteiger partial charge in [0.2, 0.25) is 0 Å². The van der Waals surface area contributed by atoms with Crippen LogP contribution in [0.2, 0.25) is 5.02 Å². The van der Waals surface area contributed by atoms with Crippen molar-refractivity contribution in [1.82, 2.24) is 20.2 Å². The second-order valence-electron chi connectivity index (χ2n) is 6.28. The molecular formula is C19H20ClN5O. The number of tetrazole rings is 1. The van der Waals surface area contributed by atoms with Crippen LogP contribution in [0.1, 0.15) is 23.0 Å². The molecule has 2 heterocycles. The van der Waals surface area contributed by atoms with Gasteiger partial charge in [0.25, 0.3) is 0 Å². The van der Waals surface area contributed by atoms with Crippen LogP contribution in [0.25, 0.3) is 0 Å². The molecular weight excluding hydrogens is 350 g/mol. The SMILES string of the molecule is COCCn1nnnc1[C@H](c1ccc(Cl)cc1)N1CCc2ccccc21. The van der Waals surface area contributed by atoms with Gasteiger partial charge in [-0.3, -0.25) is 0 Å². The fourth-order valence-electron chi connectivity index (χ4n) is 3.49. The summed E-state index contributed by atoms with van der Waals surface area (Å²) in [7, 11) is 1.68. The standard InChI is InChI=1S/C19H20ClN5O/c1-26-13-12-25-19(21-22-23-25)18(15-6-8-16(20)9-7-15)24-11-10-14-4-2-3-5-17(14)24/h2-9,18H,10-13H2,1H3/t18-/m0/s1. The molecule has 134 valence electrons. The van der Waals surface area contributed by atoms with Crippen molar-refractivity contribution < 1.29 is 4.74 Å². The van der Waals surface area contributed by atoms with Gasteiger partial charge in [0.15, 0.2) is 5.82 Å². The second kappa shape index (κ2) is 7.43. The molecule has 0 unspecified atom stereocenters. The molecule has 0 saturated heterocycles. The third-order valence-corrected chi connectivity index (χ3v) is 4.98. The molecule has 6 nitrogen and oxygen atoms in total. The van der Waals surface area contributed by atoms with Crippen molar-refractivity contribution in [2.45, 2.75) is 19.0 Å². The first-order chi connectivity index (χ1) is 12.8. The molecule has 1 atom stereocenters. The lowest BCUT2D eigenvalue weighted by Crippen LogP contribution is -2.30. The van der Waals surface area contributed by atoms with Crippen molar-refractivity contribution in [2.24, 2.45) is 0 Å². The molecule has 1 aliphatic rings. The van der Waals surface area contributed by atoms with Crippen molar-refractivity contribution >= 4 is 17.3 Å². The predicted molar refractivity (Wildman–Crippen MR) is 100 cm³/mol. The third kappa shape index (κ3) is 3.18. The molecule has 4 rings (SSSR count). The fraction of sp³-hybridized carbons (Fsp3) is 0.316. The molecule has 0 aliphatic carbocycles. The number of aromatic nitrogens is 4. The number of benzene rings is 2. The molecule has 0 radical (unpaired) electrons. The van der Waals surface area contributed by atoms with Gasteiger partial charge in [0.1, 0.15) is 6.04 Å². The number of fused-ring (bicyclic) bond motifs is 1. The van der Waals surface area contributed by atoms with E-state index in [2.05, 4.69) is 44.7 Å². The Balaban J connectivity index is 1.79. The average molecular weight is 370 g/mol. The van der Waals surface area contributed by atoms with Gasteiger partial charge in [0.05, 0.1) is 13.2 Å². The summed E-state index contributed by atoms with van der Waals surface area (Å²) in [6.45, 7) is 2.09. The monoisotopic (exact) mass is 369 g/mol. The Hall–Kier alpha value is -2.44. The highest BCUT2D eigenvalue weighted by Crippen LogP contribution is 2.38. The lowest BCUT2D eigenvalue weighted by molar-refractivity contribution is 0.181. The zero-order valence-corrected chi connectivity index (χ0v) is 15.3. The predicted octanol–water partition coefficient (Wildman–Crippen LogP) is 3.13. The lowest BCUT2D eigenvalue weighted by atomic mass is 10.0. The summed E-state index contributed by atoms with van der Waals surface area (Å²) in [5, 5.41) is 13.2. The van der Waals surface area contributed by atoms with E-state index < -0.39 is 0 Å². The highest BCUT2D eigenvalue weighted by Gasteiger charge is 2.32. The molecule has 0 amide bonds. The first-order valence-electron chi connectivity index (χ1n) is 8.63. The van der Waals surface area contributed by atoms with E-state index in [1.54, 1.807) is 7.11 Å². The Morgan fingerprint density at radius 2 is 1.96 bits per heavy atom. The number of anilines is 1. The average Bonchev–Trinajstić information content (AvgIpc) is 3.30. The Kier molecular flexibility index (Phi) is 4.86. The van der Waals surface area contributed by atoms with Crippen molar-refractivity contribution in [3.05, 3.63) is 70.5 Å². The van der Waals surface area contributed by atoms with E-state index in [4.69, 9.17) is 16.3 Å². The zero-order chi connectivity index (χ0) is 17.9. The normalized spacial score (nSPS) is 14.5. The van der Waals surface area contributed by atoms with Gasteiger partial charge >= 0.3 is 0 Å². The summed E-state index contributed by atoms with van der Waals surface area (Å²) in [5.74, 6) is 0.807. The first kappa shape index (κ1) is 17.0. The van der Waals surface area contributed by atoms with Gasteiger partial charge in [-0.15, -0.1) is 5.10 Å². The van der Waals surface area contributed by atoms with Crippen LogP contribution in [-0.4, -0.2) is 40.5 Å². The van der Waals surface area contributed by atoms with E-state index in [0.29, 0.717) is 18.2 Å². The quantitative estimate of drug-likeness (QED) is 0.668. The summed E-state index contributed by atoms with van der Waals surface area (Å²) in [6.07, 6.45) is 1.01. The Morgan fingerprint density at radius 3 is 2.77 bits per heavy atom. The molecule has 0 bridgehead atoms. The number of ether oxygens (including phenoxy) is 1. The number of para-hydroxylation sites is 1. The number of hydrogen-bond donors (Lipinski definition) is 0. The van der Waals surface area contributed by atoms with Crippen LogP contribution in [0, 0.1) is 0 Å². The number of methoxy groups -OCH3 is 1. The number of halogens is 1. The third-order valence-electron chi connectivity index (χ3n) is 4.73. The summed E-state index contributed by atoms with van der Waals surface area (Å²) in [6, 6.07) is 16.3. The summed E-state index contributed by atoms with van der Waals surface area (Å²) < 4.78 is 7.03. The molecule has 2 aromatic carbocycles. The van der Waals surface area contributed by atoms with Crippen LogP contribution >= 0.6 is 11.6 Å². The fourth-order valence-corrected chi connectivity index (χ4v) is 3.62. The molecule has 7 heteroatoms. The minimum atomic E-state index is -0.0808. The molecule has 0 fully saturated rings. The van der Waals surface area contributed by atoms with E-state index in [0.717, 1.165) is 24.4 Å². The van der Waals surface area contributed by atoms with E-state index in [1.807, 2.05) is 28.9 Å². The number of nitrogens with zero attached hydrogens (tertiary/aromatic N) is 5. The van der Waals surface area contributed by atoms with Crippen LogP contribution in [0.3, 0.4) is 0 Å². The largest absolute Gasteiger partial charge is 0.383 e. The minimum absolute atomic E-state index is 0.0808. The van der Waals surface area contributed by atoms with Gasteiger partial charge in [-0.25, -0.2) is 4.68 Å². The molecule has 26 heavy (non-hydrogen) atoms. The maximum atomic E-state index is 6.11. The Bertz CT molecular complexity index is 880. The topological polar surface area (TPSA) is 56.1 Å². The molecule has 3 aromatic rings. The van der Waals surface area contributed by atoms with E-state index in [9.17, 15) is 0 Å². The molecule has 0 N–H and O–H groups in total. The van der Waals surface area contributed by atoms with Crippen molar-refractivity contribution in [2.75, 3.05) is 25.2 Å². The van der Waals surface area contributed by atoms with Crippen molar-refractivity contribution in [3.8, 4) is 0 Å². The van der Waals surface area contributed by atoms with Crippen molar-refractivity contribution in [1.29, 1.82) is 0 Å². The van der Waals surface area contributed by atoms with Crippen LogP contribution in [0.4, 0.5) is 5.69 Å². The van der Waals surface area contributed by atoms with Crippen LogP contribution < -0.4 is 4.90 Å². The van der Waals surface area contributed by atoms with Gasteiger partial charge in [-0.05, 0) is 46.2 Å². The van der Waals surface area contributed by atoms with Gasteiger partial charge in [0, 0.05) is 24.4 Å². The molecule has 1 aromatic heterocycles. The summed E-state index contributed by atoms with van der Waals surface area (Å²) >= 11 is 6.11. The van der Waals surface area contributed by atoms with Gasteiger partial charge < -0.3 is 9.64 Å². The molecule has 0 saturated carbocycles. The maximum absolute atomic E-state index is 6.11. The number of hydrogen-bond acceptors (Lipinski definition) is 5. The highest BCUT2D eigenvalue weighted by molar-refractivity contribution is 6.30. The smallest absolute Gasteiger partial charge is 0.178 e.